The molecule has 2 amide bonds. The SMILES string of the molecule is Cc1ccc(NC(=O)CSc2ccc(N3CCCC(C(=O)NC4CC4)C3)nn2)cc1C. The Morgan fingerprint density at radius 2 is 1.94 bits per heavy atom. The predicted octanol–water partition coefficient (Wildman–Crippen LogP) is 3.32. The minimum absolute atomic E-state index is 0.0132. The molecule has 1 unspecified atom stereocenters. The molecule has 1 aromatic heterocycles. The van der Waals surface area contributed by atoms with Gasteiger partial charge in [0.15, 0.2) is 5.82 Å². The van der Waals surface area contributed by atoms with Crippen molar-refractivity contribution in [2.75, 3.05) is 29.1 Å². The molecule has 2 aliphatic rings. The fourth-order valence-electron chi connectivity index (χ4n) is 3.66. The van der Waals surface area contributed by atoms with E-state index in [4.69, 9.17) is 0 Å². The molecule has 2 N–H and O–H groups in total. The molecular weight excluding hydrogens is 410 g/mol. The molecule has 2 heterocycles. The Kier molecular flexibility index (Phi) is 6.75. The lowest BCUT2D eigenvalue weighted by Crippen LogP contribution is -2.44. The number of carbonyl (C=O) groups excluding carboxylic acids is 2. The summed E-state index contributed by atoms with van der Waals surface area (Å²) in [5.41, 5.74) is 3.16. The number of nitrogens with zero attached hydrogens (tertiary/aromatic N) is 3. The number of thioether (sulfide) groups is 1. The van der Waals surface area contributed by atoms with Crippen LogP contribution in [0.2, 0.25) is 0 Å². The summed E-state index contributed by atoms with van der Waals surface area (Å²) in [4.78, 5) is 26.8. The topological polar surface area (TPSA) is 87.2 Å². The zero-order chi connectivity index (χ0) is 21.8. The van der Waals surface area contributed by atoms with Gasteiger partial charge in [-0.1, -0.05) is 17.8 Å². The summed E-state index contributed by atoms with van der Waals surface area (Å²) in [5.74, 6) is 1.17. The third kappa shape index (κ3) is 5.97. The number of anilines is 2. The van der Waals surface area contributed by atoms with E-state index in [2.05, 4.69) is 25.7 Å². The van der Waals surface area contributed by atoms with Crippen molar-refractivity contribution < 1.29 is 9.59 Å². The van der Waals surface area contributed by atoms with Crippen molar-refractivity contribution in [2.45, 2.75) is 50.6 Å². The van der Waals surface area contributed by atoms with Crippen molar-refractivity contribution >= 4 is 35.1 Å². The molecule has 7 nitrogen and oxygen atoms in total. The zero-order valence-corrected chi connectivity index (χ0v) is 18.9. The lowest BCUT2D eigenvalue weighted by Gasteiger charge is -2.32. The summed E-state index contributed by atoms with van der Waals surface area (Å²) in [7, 11) is 0. The summed E-state index contributed by atoms with van der Waals surface area (Å²) in [6.07, 6.45) is 4.11. The highest BCUT2D eigenvalue weighted by atomic mass is 32.2. The average molecular weight is 440 g/mol. The Morgan fingerprint density at radius 3 is 2.65 bits per heavy atom. The number of hydrogen-bond acceptors (Lipinski definition) is 6. The maximum atomic E-state index is 12.4. The molecule has 2 aromatic rings. The van der Waals surface area contributed by atoms with Gasteiger partial charge in [0.05, 0.1) is 11.7 Å². The van der Waals surface area contributed by atoms with Crippen molar-refractivity contribution in [1.29, 1.82) is 0 Å². The monoisotopic (exact) mass is 439 g/mol. The van der Waals surface area contributed by atoms with Gasteiger partial charge in [-0.3, -0.25) is 9.59 Å². The van der Waals surface area contributed by atoms with Gasteiger partial charge in [0.1, 0.15) is 5.03 Å². The van der Waals surface area contributed by atoms with Gasteiger partial charge in [-0.2, -0.15) is 0 Å². The third-order valence-corrected chi connectivity index (χ3v) is 6.73. The minimum Gasteiger partial charge on any atom is -0.354 e. The normalized spacial score (nSPS) is 18.5. The molecule has 1 saturated heterocycles. The molecule has 0 bridgehead atoms. The van der Waals surface area contributed by atoms with Crippen LogP contribution in [0.4, 0.5) is 11.5 Å². The molecule has 1 aliphatic heterocycles. The highest BCUT2D eigenvalue weighted by molar-refractivity contribution is 7.99. The second-order valence-corrected chi connectivity index (χ2v) is 9.43. The van der Waals surface area contributed by atoms with Gasteiger partial charge in [0.25, 0.3) is 0 Å². The number of piperidine rings is 1. The van der Waals surface area contributed by atoms with E-state index < -0.39 is 0 Å². The molecule has 1 aliphatic carbocycles. The van der Waals surface area contributed by atoms with Gasteiger partial charge in [0, 0.05) is 24.8 Å². The standard InChI is InChI=1S/C23H29N5O2S/c1-15-5-6-19(12-16(15)2)24-21(29)14-31-22-10-9-20(26-27-22)28-11-3-4-17(13-28)23(30)25-18-7-8-18/h5-6,9-10,12,17-18H,3-4,7-8,11,13-14H2,1-2H3,(H,24,29)(H,25,30). The quantitative estimate of drug-likeness (QED) is 0.644. The average Bonchev–Trinajstić information content (AvgIpc) is 3.59. The number of amides is 2. The highest BCUT2D eigenvalue weighted by Gasteiger charge is 2.30. The van der Waals surface area contributed by atoms with Gasteiger partial charge in [-0.15, -0.1) is 10.2 Å². The number of aryl methyl sites for hydroxylation is 2. The maximum Gasteiger partial charge on any atom is 0.234 e. The molecule has 2 fully saturated rings. The summed E-state index contributed by atoms with van der Waals surface area (Å²) >= 11 is 1.36. The molecule has 0 spiro atoms. The number of aromatic nitrogens is 2. The summed E-state index contributed by atoms with van der Waals surface area (Å²) in [6, 6.07) is 10.1. The Bertz CT molecular complexity index is 945. The van der Waals surface area contributed by atoms with E-state index in [-0.39, 0.29) is 23.5 Å². The van der Waals surface area contributed by atoms with Gasteiger partial charge < -0.3 is 15.5 Å². The predicted molar refractivity (Wildman–Crippen MR) is 123 cm³/mol. The number of carbonyl (C=O) groups is 2. The molecular formula is C23H29N5O2S. The first kappa shape index (κ1) is 21.6. The first-order chi connectivity index (χ1) is 15.0. The van der Waals surface area contributed by atoms with Gasteiger partial charge in [-0.05, 0) is 74.9 Å². The summed E-state index contributed by atoms with van der Waals surface area (Å²) < 4.78 is 0. The van der Waals surface area contributed by atoms with Crippen LogP contribution >= 0.6 is 11.8 Å². The number of hydrogen-bond donors (Lipinski definition) is 2. The van der Waals surface area contributed by atoms with Crippen LogP contribution < -0.4 is 15.5 Å². The van der Waals surface area contributed by atoms with Crippen LogP contribution in [0.1, 0.15) is 36.8 Å². The summed E-state index contributed by atoms with van der Waals surface area (Å²) in [6.45, 7) is 5.64. The van der Waals surface area contributed by atoms with Crippen LogP contribution in [-0.4, -0.2) is 46.9 Å². The Hall–Kier alpha value is -2.61. The maximum absolute atomic E-state index is 12.4. The number of rotatable bonds is 7. The fraction of sp³-hybridized carbons (Fsp3) is 0.478. The smallest absolute Gasteiger partial charge is 0.234 e. The van der Waals surface area contributed by atoms with Gasteiger partial charge >= 0.3 is 0 Å². The largest absolute Gasteiger partial charge is 0.354 e. The molecule has 1 saturated carbocycles. The van der Waals surface area contributed by atoms with Crippen molar-refractivity contribution in [1.82, 2.24) is 15.5 Å². The molecule has 0 radical (unpaired) electrons. The van der Waals surface area contributed by atoms with E-state index in [1.807, 2.05) is 44.2 Å². The van der Waals surface area contributed by atoms with E-state index in [0.717, 1.165) is 49.3 Å². The highest BCUT2D eigenvalue weighted by Crippen LogP contribution is 2.25. The fourth-order valence-corrected chi connectivity index (χ4v) is 4.27. The van der Waals surface area contributed by atoms with Crippen molar-refractivity contribution in [3.63, 3.8) is 0 Å². The first-order valence-electron chi connectivity index (χ1n) is 10.9. The Morgan fingerprint density at radius 1 is 1.10 bits per heavy atom. The van der Waals surface area contributed by atoms with Gasteiger partial charge in [0.2, 0.25) is 11.8 Å². The van der Waals surface area contributed by atoms with Crippen molar-refractivity contribution in [2.24, 2.45) is 5.92 Å². The van der Waals surface area contributed by atoms with Crippen LogP contribution in [0.5, 0.6) is 0 Å². The Balaban J connectivity index is 1.27. The third-order valence-electron chi connectivity index (χ3n) is 5.81. The molecule has 4 rings (SSSR count). The molecule has 164 valence electrons. The van der Waals surface area contributed by atoms with Crippen LogP contribution in [0.15, 0.2) is 35.4 Å². The molecule has 1 atom stereocenters. The van der Waals surface area contributed by atoms with Crippen molar-refractivity contribution in [3.05, 3.63) is 41.5 Å². The minimum atomic E-state index is -0.0697. The van der Waals surface area contributed by atoms with E-state index >= 15 is 0 Å². The van der Waals surface area contributed by atoms with Gasteiger partial charge in [-0.25, -0.2) is 0 Å². The van der Waals surface area contributed by atoms with Crippen LogP contribution in [0.25, 0.3) is 0 Å². The van der Waals surface area contributed by atoms with E-state index in [1.165, 1.54) is 17.3 Å². The second kappa shape index (κ2) is 9.68. The Labute approximate surface area is 187 Å². The van der Waals surface area contributed by atoms with E-state index in [9.17, 15) is 9.59 Å². The molecule has 31 heavy (non-hydrogen) atoms. The van der Waals surface area contributed by atoms with E-state index in [1.54, 1.807) is 0 Å². The van der Waals surface area contributed by atoms with Crippen LogP contribution in [0, 0.1) is 19.8 Å². The second-order valence-electron chi connectivity index (χ2n) is 8.43. The van der Waals surface area contributed by atoms with E-state index in [0.29, 0.717) is 17.6 Å². The van der Waals surface area contributed by atoms with Crippen LogP contribution in [0.3, 0.4) is 0 Å². The number of nitrogens with one attached hydrogen (secondary N) is 2. The lowest BCUT2D eigenvalue weighted by molar-refractivity contribution is -0.125. The van der Waals surface area contributed by atoms with Crippen molar-refractivity contribution in [3.8, 4) is 0 Å². The molecule has 1 aromatic carbocycles. The zero-order valence-electron chi connectivity index (χ0n) is 18.1. The first-order valence-corrected chi connectivity index (χ1v) is 11.9. The number of benzene rings is 1. The van der Waals surface area contributed by atoms with Crippen LogP contribution in [-0.2, 0) is 9.59 Å². The lowest BCUT2D eigenvalue weighted by atomic mass is 9.97. The summed E-state index contributed by atoms with van der Waals surface area (Å²) in [5, 5.41) is 15.4. The molecule has 8 heteroatoms.